The Morgan fingerprint density at radius 1 is 0.547 bits per heavy atom. The first kappa shape index (κ1) is 54.7. The minimum Gasteiger partial charge on any atom is -0.508 e. The van der Waals surface area contributed by atoms with Gasteiger partial charge < -0.3 is 28.8 Å². The zero-order valence-electron chi connectivity index (χ0n) is 41.0. The van der Waals surface area contributed by atoms with Crippen LogP contribution in [0.3, 0.4) is 0 Å². The molecular formula is C56H90O8. The summed E-state index contributed by atoms with van der Waals surface area (Å²) >= 11 is 0. The zero-order chi connectivity index (χ0) is 45.9. The van der Waals surface area contributed by atoms with Crippen LogP contribution in [-0.2, 0) is 19.1 Å². The molecule has 2 atom stereocenters. The Morgan fingerprint density at radius 2 is 0.984 bits per heavy atom. The van der Waals surface area contributed by atoms with E-state index in [-0.39, 0.29) is 5.75 Å². The van der Waals surface area contributed by atoms with Crippen molar-refractivity contribution in [3.63, 3.8) is 0 Å². The van der Waals surface area contributed by atoms with Gasteiger partial charge in [0.05, 0.1) is 27.4 Å². The topological polar surface area (TPSA) is 101 Å². The molecule has 64 heavy (non-hydrogen) atoms. The van der Waals surface area contributed by atoms with Crippen molar-refractivity contribution in [2.45, 2.75) is 231 Å². The average Bonchev–Trinajstić information content (AvgIpc) is 3.69. The van der Waals surface area contributed by atoms with Crippen LogP contribution in [0.4, 0.5) is 0 Å². The number of carbonyl (C=O) groups excluding carboxylic acids is 2. The monoisotopic (exact) mass is 891 g/mol. The summed E-state index contributed by atoms with van der Waals surface area (Å²) in [6.07, 6.45) is 43.5. The van der Waals surface area contributed by atoms with E-state index in [0.717, 1.165) is 32.1 Å². The Hall–Kier alpha value is -3.68. The molecule has 8 heteroatoms. The molecule has 0 fully saturated rings. The molecule has 362 valence electrons. The van der Waals surface area contributed by atoms with Crippen molar-refractivity contribution < 1.29 is 38.4 Å². The number of hydrogen-bond acceptors (Lipinski definition) is 8. The number of hydrogen-bond donors (Lipinski definition) is 1. The molecule has 2 unspecified atom stereocenters. The van der Waals surface area contributed by atoms with Gasteiger partial charge in [-0.15, -0.1) is 0 Å². The summed E-state index contributed by atoms with van der Waals surface area (Å²) in [5.41, 5.74) is 1.85. The fourth-order valence-electron chi connectivity index (χ4n) is 8.96. The Morgan fingerprint density at radius 3 is 1.42 bits per heavy atom. The molecule has 2 aromatic rings. The number of phenols is 1. The number of carbonyl (C=O) groups is 2. The smallest absolute Gasteiger partial charge is 0.330 e. The van der Waals surface area contributed by atoms with Crippen LogP contribution in [-0.4, -0.2) is 44.5 Å². The van der Waals surface area contributed by atoms with Crippen LogP contribution >= 0.6 is 0 Å². The van der Waals surface area contributed by atoms with Crippen LogP contribution in [0, 0.1) is 0 Å². The van der Waals surface area contributed by atoms with Crippen molar-refractivity contribution in [3.05, 3.63) is 53.1 Å². The second kappa shape index (κ2) is 35.6. The number of phenolic OH excluding ortho intramolecular Hbond substituents is 1. The van der Waals surface area contributed by atoms with E-state index in [1.807, 2.05) is 6.07 Å². The summed E-state index contributed by atoms with van der Waals surface area (Å²) in [5.74, 6) is -0.325. The summed E-state index contributed by atoms with van der Waals surface area (Å²) < 4.78 is 29.1. The standard InChI is InChI=1S/C56H90O8/c1-5-7-9-11-13-15-17-19-21-23-25-27-29-31-33-35-39-62-52(58)38-37-46-41-50-53(54(64-55(50)51(42-46)61-4)47-43-48(57)45-49(44-47)60-3)56(59)63-40-36-34-32-30-28-26-24-22-20-18-16-14-12-10-8-6-2/h37-38,41-45,53-54,57H,5-36,39-40H2,1-4H3. The molecule has 1 heterocycles. The summed E-state index contributed by atoms with van der Waals surface area (Å²) in [6.45, 7) is 5.26. The van der Waals surface area contributed by atoms with Gasteiger partial charge in [-0.25, -0.2) is 4.79 Å². The molecule has 1 aliphatic heterocycles. The van der Waals surface area contributed by atoms with Gasteiger partial charge >= 0.3 is 11.9 Å². The van der Waals surface area contributed by atoms with E-state index >= 15 is 0 Å². The molecule has 0 aromatic heterocycles. The highest BCUT2D eigenvalue weighted by atomic mass is 16.6. The van der Waals surface area contributed by atoms with Crippen LogP contribution in [0.1, 0.15) is 248 Å². The molecule has 0 amide bonds. The second-order valence-electron chi connectivity index (χ2n) is 18.4. The zero-order valence-corrected chi connectivity index (χ0v) is 41.0. The van der Waals surface area contributed by atoms with Gasteiger partial charge in [0.1, 0.15) is 23.5 Å². The number of esters is 2. The molecule has 0 bridgehead atoms. The van der Waals surface area contributed by atoms with Gasteiger partial charge in [-0.3, -0.25) is 4.79 Å². The number of methoxy groups -OCH3 is 2. The lowest BCUT2D eigenvalue weighted by Gasteiger charge is -2.19. The highest BCUT2D eigenvalue weighted by molar-refractivity contribution is 5.88. The van der Waals surface area contributed by atoms with Crippen LogP contribution in [0.5, 0.6) is 23.0 Å². The number of rotatable bonds is 40. The minimum absolute atomic E-state index is 0.00266. The van der Waals surface area contributed by atoms with E-state index in [1.165, 1.54) is 193 Å². The van der Waals surface area contributed by atoms with E-state index in [0.29, 0.717) is 47.2 Å². The van der Waals surface area contributed by atoms with E-state index in [4.69, 9.17) is 23.7 Å². The molecule has 2 aromatic carbocycles. The van der Waals surface area contributed by atoms with Crippen LogP contribution in [0.15, 0.2) is 36.4 Å². The predicted octanol–water partition coefficient (Wildman–Crippen LogP) is 16.2. The number of fused-ring (bicyclic) bond motifs is 1. The average molecular weight is 891 g/mol. The maximum absolute atomic E-state index is 14.0. The maximum Gasteiger partial charge on any atom is 0.330 e. The highest BCUT2D eigenvalue weighted by Gasteiger charge is 2.44. The summed E-state index contributed by atoms with van der Waals surface area (Å²) in [7, 11) is 3.08. The first-order valence-electron chi connectivity index (χ1n) is 26.2. The van der Waals surface area contributed by atoms with E-state index in [1.54, 1.807) is 31.4 Å². The van der Waals surface area contributed by atoms with Gasteiger partial charge in [0.2, 0.25) is 0 Å². The number of ether oxygens (including phenoxy) is 5. The van der Waals surface area contributed by atoms with Gasteiger partial charge in [-0.1, -0.05) is 206 Å². The first-order chi connectivity index (χ1) is 31.4. The third-order valence-electron chi connectivity index (χ3n) is 12.8. The highest BCUT2D eigenvalue weighted by Crippen LogP contribution is 2.52. The molecule has 0 aliphatic carbocycles. The predicted molar refractivity (Wildman–Crippen MR) is 264 cm³/mol. The third kappa shape index (κ3) is 23.0. The largest absolute Gasteiger partial charge is 0.508 e. The maximum atomic E-state index is 14.0. The molecule has 0 radical (unpaired) electrons. The van der Waals surface area contributed by atoms with Crippen molar-refractivity contribution >= 4 is 18.0 Å². The summed E-state index contributed by atoms with van der Waals surface area (Å²) in [4.78, 5) is 26.7. The first-order valence-corrected chi connectivity index (χ1v) is 26.2. The molecule has 3 rings (SSSR count). The van der Waals surface area contributed by atoms with E-state index in [2.05, 4.69) is 13.8 Å². The second-order valence-corrected chi connectivity index (χ2v) is 18.4. The number of unbranched alkanes of at least 4 members (excludes halogenated alkanes) is 30. The Balaban J connectivity index is 1.42. The van der Waals surface area contributed by atoms with Crippen molar-refractivity contribution in [2.75, 3.05) is 27.4 Å². The SMILES string of the molecule is CCCCCCCCCCCCCCCCCCOC(=O)C=Cc1cc(OC)c2c(c1)C(C(=O)OCCCCCCCCCCCCCCCCCC)C(c1cc(O)cc(OC)c1)O2. The van der Waals surface area contributed by atoms with Crippen molar-refractivity contribution in [2.24, 2.45) is 0 Å². The van der Waals surface area contributed by atoms with Crippen molar-refractivity contribution in [3.8, 4) is 23.0 Å². The van der Waals surface area contributed by atoms with Crippen molar-refractivity contribution in [1.29, 1.82) is 0 Å². The van der Waals surface area contributed by atoms with Gasteiger partial charge in [-0.2, -0.15) is 0 Å². The van der Waals surface area contributed by atoms with Gasteiger partial charge in [-0.05, 0) is 48.7 Å². The molecule has 1 N–H and O–H groups in total. The minimum atomic E-state index is -0.827. The van der Waals surface area contributed by atoms with E-state index < -0.39 is 24.0 Å². The lowest BCUT2D eigenvalue weighted by molar-refractivity contribution is -0.147. The fourth-order valence-corrected chi connectivity index (χ4v) is 8.96. The van der Waals surface area contributed by atoms with Crippen LogP contribution < -0.4 is 14.2 Å². The van der Waals surface area contributed by atoms with Crippen LogP contribution in [0.25, 0.3) is 6.08 Å². The van der Waals surface area contributed by atoms with E-state index in [9.17, 15) is 14.7 Å². The quantitative estimate of drug-likeness (QED) is 0.0401. The fraction of sp³-hybridized carbons (Fsp3) is 0.714. The lowest BCUT2D eigenvalue weighted by Crippen LogP contribution is -2.22. The van der Waals surface area contributed by atoms with Crippen LogP contribution in [0.2, 0.25) is 0 Å². The van der Waals surface area contributed by atoms with Gasteiger partial charge in [0, 0.05) is 23.3 Å². The normalized spacial score (nSPS) is 14.4. The van der Waals surface area contributed by atoms with Gasteiger partial charge in [0.25, 0.3) is 0 Å². The Labute approximate surface area is 390 Å². The molecule has 8 nitrogen and oxygen atoms in total. The summed E-state index contributed by atoms with van der Waals surface area (Å²) in [5, 5.41) is 10.5. The molecule has 1 aliphatic rings. The molecular weight excluding hydrogens is 801 g/mol. The van der Waals surface area contributed by atoms with Gasteiger partial charge in [0.15, 0.2) is 11.5 Å². The molecule has 0 saturated carbocycles. The number of benzene rings is 2. The third-order valence-corrected chi connectivity index (χ3v) is 12.8. The Bertz CT molecular complexity index is 1550. The molecule has 0 saturated heterocycles. The van der Waals surface area contributed by atoms with Crippen molar-refractivity contribution in [1.82, 2.24) is 0 Å². The lowest BCUT2D eigenvalue weighted by atomic mass is 9.89. The number of aromatic hydroxyl groups is 1. The summed E-state index contributed by atoms with van der Waals surface area (Å²) in [6, 6.07) is 8.48. The Kier molecular flexibility index (Phi) is 30.4. The molecule has 0 spiro atoms.